The summed E-state index contributed by atoms with van der Waals surface area (Å²) < 4.78 is 52.4. The molecule has 0 fully saturated rings. The Morgan fingerprint density at radius 1 is 0.581 bits per heavy atom. The molecule has 246 valence electrons. The molecule has 1 aromatic rings. The van der Waals surface area contributed by atoms with Crippen molar-refractivity contribution in [2.45, 2.75) is 84.9 Å². The number of rotatable bonds is 24. The molecule has 43 heavy (non-hydrogen) atoms. The van der Waals surface area contributed by atoms with Crippen LogP contribution in [-0.4, -0.2) is 87.1 Å². The molecule has 1 atom stereocenters. The lowest BCUT2D eigenvalue weighted by Crippen LogP contribution is -2.61. The summed E-state index contributed by atoms with van der Waals surface area (Å²) in [5, 5.41) is 1.11. The molecular formula is C31H58O8Si4. The van der Waals surface area contributed by atoms with E-state index in [0.29, 0.717) is 70.2 Å². The summed E-state index contributed by atoms with van der Waals surface area (Å²) in [5.74, 6) is 0. The monoisotopic (exact) mass is 670 g/mol. The van der Waals surface area contributed by atoms with Crippen LogP contribution in [0.15, 0.2) is 54.1 Å². The fraction of sp³-hybridized carbons (Fsp3) is 0.677. The number of hydrogen-bond donors (Lipinski definition) is 0. The average molecular weight is 671 g/mol. The number of benzene rings is 1. The van der Waals surface area contributed by atoms with Gasteiger partial charge in [0.2, 0.25) is 0 Å². The fourth-order valence-corrected chi connectivity index (χ4v) is 26.0. The second-order valence-corrected chi connectivity index (χ2v) is 24.6. The first-order valence-electron chi connectivity index (χ1n) is 16.2. The van der Waals surface area contributed by atoms with E-state index in [2.05, 4.69) is 49.0 Å². The Morgan fingerprint density at radius 2 is 1.07 bits per heavy atom. The minimum Gasteiger partial charge on any atom is -0.395 e. The number of hydrogen-bond acceptors (Lipinski definition) is 8. The van der Waals surface area contributed by atoms with Gasteiger partial charge in [-0.05, 0) is 72.7 Å². The van der Waals surface area contributed by atoms with Crippen LogP contribution in [0.4, 0.5) is 0 Å². The Kier molecular flexibility index (Phi) is 17.0. The van der Waals surface area contributed by atoms with Gasteiger partial charge in [-0.25, -0.2) is 0 Å². The van der Waals surface area contributed by atoms with Gasteiger partial charge in [-0.15, -0.1) is 0 Å². The smallest absolute Gasteiger partial charge is 0.374 e. The highest BCUT2D eigenvalue weighted by Crippen LogP contribution is 2.42. The van der Waals surface area contributed by atoms with Crippen molar-refractivity contribution >= 4 is 39.4 Å². The van der Waals surface area contributed by atoms with Gasteiger partial charge in [0, 0.05) is 75.8 Å². The molecule has 0 radical (unpaired) electrons. The van der Waals surface area contributed by atoms with E-state index in [9.17, 15) is 0 Å². The third kappa shape index (κ3) is 10.6. The van der Waals surface area contributed by atoms with E-state index in [1.165, 1.54) is 5.57 Å². The molecule has 0 aromatic heterocycles. The van der Waals surface area contributed by atoms with Gasteiger partial charge >= 0.3 is 34.2 Å². The normalized spacial score (nSPS) is 16.2. The topological polar surface area (TPSA) is 73.8 Å². The first kappa shape index (κ1) is 38.4. The summed E-state index contributed by atoms with van der Waals surface area (Å²) in [6.07, 6.45) is 6.80. The lowest BCUT2D eigenvalue weighted by atomic mass is 10.3. The Labute approximate surface area is 266 Å². The van der Waals surface area contributed by atoms with Crippen molar-refractivity contribution in [1.29, 1.82) is 0 Å². The van der Waals surface area contributed by atoms with E-state index < -0.39 is 34.2 Å². The van der Waals surface area contributed by atoms with E-state index >= 15 is 0 Å². The minimum absolute atomic E-state index is 0.0278. The minimum atomic E-state index is -2.89. The van der Waals surface area contributed by atoms with Crippen LogP contribution >= 0.6 is 0 Å². The van der Waals surface area contributed by atoms with Gasteiger partial charge in [-0.1, -0.05) is 48.6 Å². The fourth-order valence-electron chi connectivity index (χ4n) is 6.18. The predicted molar refractivity (Wildman–Crippen MR) is 183 cm³/mol. The first-order chi connectivity index (χ1) is 20.7. The molecular weight excluding hydrogens is 613 g/mol. The molecule has 12 heteroatoms. The van der Waals surface area contributed by atoms with Crippen molar-refractivity contribution in [2.24, 2.45) is 0 Å². The molecule has 1 aliphatic carbocycles. The van der Waals surface area contributed by atoms with Gasteiger partial charge in [0.05, 0.1) is 0 Å². The third-order valence-corrected chi connectivity index (χ3v) is 26.0. The van der Waals surface area contributed by atoms with Crippen LogP contribution < -0.4 is 5.19 Å². The van der Waals surface area contributed by atoms with Crippen LogP contribution in [-0.2, 0) is 35.4 Å². The maximum absolute atomic E-state index is 6.69. The second kappa shape index (κ2) is 19.0. The summed E-state index contributed by atoms with van der Waals surface area (Å²) in [6.45, 7) is 23.1. The Bertz CT molecular complexity index is 954. The molecule has 0 saturated heterocycles. The van der Waals surface area contributed by atoms with Crippen molar-refractivity contribution in [3.8, 4) is 0 Å². The predicted octanol–water partition coefficient (Wildman–Crippen LogP) is 6.53. The van der Waals surface area contributed by atoms with Crippen LogP contribution in [0, 0.1) is 0 Å². The first-order valence-corrected chi connectivity index (χ1v) is 25.1. The Hall–Kier alpha value is -0.752. The van der Waals surface area contributed by atoms with Crippen LogP contribution in [0.3, 0.4) is 0 Å². The van der Waals surface area contributed by atoms with Gasteiger partial charge in [-0.2, -0.15) is 0 Å². The zero-order valence-corrected chi connectivity index (χ0v) is 32.2. The van der Waals surface area contributed by atoms with E-state index in [4.69, 9.17) is 35.4 Å². The average Bonchev–Trinajstić information content (AvgIpc) is 3.43. The SMILES string of the molecule is CCO[Si](C)(C[Si](OCC)(OCC)C1C=CC(C[Si](C[Si](OCC)(OCC)c2ccccc2)(OCC)OCC)=C1)OCC. The summed E-state index contributed by atoms with van der Waals surface area (Å²) >= 11 is 0. The molecule has 0 heterocycles. The molecule has 0 spiro atoms. The summed E-state index contributed by atoms with van der Waals surface area (Å²) in [4.78, 5) is 0. The molecule has 8 nitrogen and oxygen atoms in total. The molecule has 0 amide bonds. The zero-order chi connectivity index (χ0) is 31.8. The summed E-state index contributed by atoms with van der Waals surface area (Å²) in [5.41, 5.74) is 2.55. The van der Waals surface area contributed by atoms with Crippen LogP contribution in [0.5, 0.6) is 0 Å². The van der Waals surface area contributed by atoms with Gasteiger partial charge in [0.1, 0.15) is 0 Å². The van der Waals surface area contributed by atoms with Crippen LogP contribution in [0.2, 0.25) is 29.5 Å². The molecule has 1 aromatic carbocycles. The van der Waals surface area contributed by atoms with Crippen molar-refractivity contribution in [2.75, 3.05) is 52.9 Å². The van der Waals surface area contributed by atoms with Crippen molar-refractivity contribution in [1.82, 2.24) is 0 Å². The molecule has 1 aliphatic rings. The van der Waals surface area contributed by atoms with E-state index in [-0.39, 0.29) is 5.54 Å². The highest BCUT2D eigenvalue weighted by Gasteiger charge is 2.55. The lowest BCUT2D eigenvalue weighted by molar-refractivity contribution is 0.163. The quantitative estimate of drug-likeness (QED) is 0.115. The lowest BCUT2D eigenvalue weighted by Gasteiger charge is -2.39. The van der Waals surface area contributed by atoms with E-state index in [1.54, 1.807) is 0 Å². The standard InChI is InChI=1S/C31H58O8Si4/c1-10-32-40(9,33-11-2)27-42(36-14-5,37-15-6)31-24-23-29(25-31)26-41(34-12-3,35-13-4)28-43(38-16-7,39-17-8)30-21-19-18-20-22-30/h18-25,31H,10-17,26-28H2,1-9H3. The van der Waals surface area contributed by atoms with Crippen molar-refractivity contribution in [3.63, 3.8) is 0 Å². The Morgan fingerprint density at radius 3 is 1.53 bits per heavy atom. The van der Waals surface area contributed by atoms with Gasteiger partial charge in [0.15, 0.2) is 0 Å². The molecule has 0 aliphatic heterocycles. The maximum Gasteiger partial charge on any atom is 0.374 e. The highest BCUT2D eigenvalue weighted by atomic mass is 28.4. The summed E-state index contributed by atoms with van der Waals surface area (Å²) in [7, 11) is -11.1. The highest BCUT2D eigenvalue weighted by molar-refractivity contribution is 6.93. The van der Waals surface area contributed by atoms with Crippen molar-refractivity contribution in [3.05, 3.63) is 54.1 Å². The third-order valence-electron chi connectivity index (χ3n) is 7.42. The molecule has 2 rings (SSSR count). The molecule has 1 unspecified atom stereocenters. The Balaban J connectivity index is 2.55. The van der Waals surface area contributed by atoms with Crippen LogP contribution in [0.1, 0.15) is 55.4 Å². The molecule has 0 bridgehead atoms. The maximum atomic E-state index is 6.69. The second-order valence-electron chi connectivity index (χ2n) is 10.6. The molecule has 0 saturated carbocycles. The summed E-state index contributed by atoms with van der Waals surface area (Å²) in [6, 6.07) is 11.1. The van der Waals surface area contributed by atoms with Gasteiger partial charge in [-0.3, -0.25) is 0 Å². The van der Waals surface area contributed by atoms with Gasteiger partial charge in [0.25, 0.3) is 0 Å². The van der Waals surface area contributed by atoms with Crippen molar-refractivity contribution < 1.29 is 35.4 Å². The number of allylic oxidation sites excluding steroid dienone is 4. The van der Waals surface area contributed by atoms with Gasteiger partial charge < -0.3 is 35.4 Å². The van der Waals surface area contributed by atoms with Crippen LogP contribution in [0.25, 0.3) is 0 Å². The molecule has 0 N–H and O–H groups in total. The van der Waals surface area contributed by atoms with E-state index in [1.807, 2.05) is 61.5 Å². The van der Waals surface area contributed by atoms with E-state index in [0.717, 1.165) is 5.19 Å². The zero-order valence-electron chi connectivity index (χ0n) is 28.2. The largest absolute Gasteiger partial charge is 0.395 e.